The van der Waals surface area contributed by atoms with E-state index < -0.39 is 38.6 Å². The van der Waals surface area contributed by atoms with Crippen molar-refractivity contribution in [2.24, 2.45) is 0 Å². The molecule has 104 valence electrons. The van der Waals surface area contributed by atoms with Crippen molar-refractivity contribution < 1.29 is 15.1 Å². The number of aromatic amines is 1. The first-order chi connectivity index (χ1) is 8.93. The number of aromatic nitrogens is 2. The van der Waals surface area contributed by atoms with E-state index in [0.717, 1.165) is 22.5 Å². The van der Waals surface area contributed by atoms with Gasteiger partial charge >= 0.3 is 16.9 Å². The van der Waals surface area contributed by atoms with Crippen molar-refractivity contribution in [3.05, 3.63) is 37.1 Å². The maximum Gasteiger partial charge on any atom is 0.350 e. The molecule has 1 fully saturated rings. The monoisotopic (exact) mass is 289 g/mol. The van der Waals surface area contributed by atoms with Crippen LogP contribution in [0.1, 0.15) is 11.8 Å². The largest absolute Gasteiger partial charge is 0.395 e. The van der Waals surface area contributed by atoms with Crippen LogP contribution in [0.2, 0.25) is 0 Å². The number of nitrogens with zero attached hydrogens (tertiary/aromatic N) is 2. The summed E-state index contributed by atoms with van der Waals surface area (Å²) >= 11 is 1.13. The molecular formula is C9H11N3O6S. The lowest BCUT2D eigenvalue weighted by atomic mass is 10.2. The highest BCUT2D eigenvalue weighted by Gasteiger charge is 2.35. The zero-order valence-electron chi connectivity index (χ0n) is 9.55. The van der Waals surface area contributed by atoms with Gasteiger partial charge in [0.2, 0.25) is 0 Å². The molecule has 0 radical (unpaired) electrons. The molecular weight excluding hydrogens is 278 g/mol. The Morgan fingerprint density at radius 2 is 2.26 bits per heavy atom. The lowest BCUT2D eigenvalue weighted by Gasteiger charge is -2.11. The number of aliphatic hydroxyl groups is 2. The van der Waals surface area contributed by atoms with Crippen LogP contribution in [0, 0.1) is 10.1 Å². The number of hydrogen-bond acceptors (Lipinski definition) is 7. The molecule has 0 saturated carbocycles. The van der Waals surface area contributed by atoms with E-state index in [9.17, 15) is 24.8 Å². The van der Waals surface area contributed by atoms with Gasteiger partial charge in [0, 0.05) is 6.42 Å². The molecule has 1 aromatic rings. The summed E-state index contributed by atoms with van der Waals surface area (Å²) in [6, 6.07) is 0. The lowest BCUT2D eigenvalue weighted by molar-refractivity contribution is -0.386. The average molecular weight is 289 g/mol. The van der Waals surface area contributed by atoms with Crippen LogP contribution in [0.5, 0.6) is 0 Å². The Morgan fingerprint density at radius 1 is 1.58 bits per heavy atom. The van der Waals surface area contributed by atoms with Gasteiger partial charge in [0.1, 0.15) is 0 Å². The molecule has 2 heterocycles. The fourth-order valence-electron chi connectivity index (χ4n) is 1.87. The van der Waals surface area contributed by atoms with Gasteiger partial charge in [-0.15, -0.1) is 11.8 Å². The molecule has 1 aliphatic heterocycles. The van der Waals surface area contributed by atoms with Crippen LogP contribution in [0.4, 0.5) is 5.69 Å². The van der Waals surface area contributed by atoms with Gasteiger partial charge in [-0.05, 0) is 0 Å². The smallest absolute Gasteiger partial charge is 0.350 e. The molecule has 0 aromatic carbocycles. The summed E-state index contributed by atoms with van der Waals surface area (Å²) in [7, 11) is 0. The zero-order valence-corrected chi connectivity index (χ0v) is 10.4. The van der Waals surface area contributed by atoms with Gasteiger partial charge in [0.05, 0.1) is 34.5 Å². The van der Waals surface area contributed by atoms with Crippen molar-refractivity contribution in [1.29, 1.82) is 0 Å². The predicted molar refractivity (Wildman–Crippen MR) is 66.1 cm³/mol. The number of nitrogens with one attached hydrogen (secondary N) is 1. The summed E-state index contributed by atoms with van der Waals surface area (Å²) in [6.45, 7) is -0.261. The van der Waals surface area contributed by atoms with E-state index >= 15 is 0 Å². The van der Waals surface area contributed by atoms with Crippen molar-refractivity contribution in [2.45, 2.75) is 23.1 Å². The quantitative estimate of drug-likeness (QED) is 0.469. The molecule has 1 aliphatic rings. The minimum atomic E-state index is -1.06. The van der Waals surface area contributed by atoms with Gasteiger partial charge in [-0.1, -0.05) is 0 Å². The van der Waals surface area contributed by atoms with Crippen LogP contribution in [-0.2, 0) is 0 Å². The van der Waals surface area contributed by atoms with Crippen molar-refractivity contribution in [3.8, 4) is 0 Å². The number of thioether (sulfide) groups is 1. The maximum atomic E-state index is 11.6. The Morgan fingerprint density at radius 3 is 2.79 bits per heavy atom. The van der Waals surface area contributed by atoms with Gasteiger partial charge < -0.3 is 10.2 Å². The molecule has 0 bridgehead atoms. The fraction of sp³-hybridized carbons (Fsp3) is 0.556. The lowest BCUT2D eigenvalue weighted by Crippen LogP contribution is -2.32. The normalized spacial score (nSPS) is 26.5. The van der Waals surface area contributed by atoms with Crippen molar-refractivity contribution >= 4 is 17.4 Å². The molecule has 10 heteroatoms. The Labute approximate surface area is 110 Å². The summed E-state index contributed by atoms with van der Waals surface area (Å²) in [4.78, 5) is 34.5. The predicted octanol–water partition coefficient (Wildman–Crippen LogP) is -1.20. The third-order valence-electron chi connectivity index (χ3n) is 2.84. The van der Waals surface area contributed by atoms with Crippen LogP contribution in [0.15, 0.2) is 15.8 Å². The van der Waals surface area contributed by atoms with Gasteiger partial charge in [-0.25, -0.2) is 4.79 Å². The highest BCUT2D eigenvalue weighted by Crippen LogP contribution is 2.40. The molecule has 3 atom stereocenters. The first-order valence-corrected chi connectivity index (χ1v) is 6.32. The van der Waals surface area contributed by atoms with Gasteiger partial charge in [0.15, 0.2) is 0 Å². The SMILES string of the molecule is O=c1[nH]c(=O)n([C@H]2CC(O)C(CO)S2)cc1[N+](=O)[O-]. The summed E-state index contributed by atoms with van der Waals surface area (Å²) in [6.07, 6.45) is 0.225. The Bertz CT molecular complexity index is 611. The third-order valence-corrected chi connectivity index (χ3v) is 4.39. The van der Waals surface area contributed by atoms with Crippen LogP contribution in [0.3, 0.4) is 0 Å². The van der Waals surface area contributed by atoms with Crippen molar-refractivity contribution in [2.75, 3.05) is 6.61 Å². The van der Waals surface area contributed by atoms with Gasteiger partial charge in [-0.3, -0.25) is 24.5 Å². The molecule has 3 N–H and O–H groups in total. The molecule has 1 aromatic heterocycles. The van der Waals surface area contributed by atoms with Crippen LogP contribution >= 0.6 is 11.8 Å². The molecule has 0 amide bonds. The molecule has 19 heavy (non-hydrogen) atoms. The van der Waals surface area contributed by atoms with Gasteiger partial charge in [-0.2, -0.15) is 0 Å². The summed E-state index contributed by atoms with van der Waals surface area (Å²) in [5.74, 6) is 0. The topological polar surface area (TPSA) is 138 Å². The summed E-state index contributed by atoms with van der Waals surface area (Å²) < 4.78 is 1.00. The highest BCUT2D eigenvalue weighted by molar-refractivity contribution is 8.00. The van der Waals surface area contributed by atoms with Gasteiger partial charge in [0.25, 0.3) is 0 Å². The molecule has 0 spiro atoms. The van der Waals surface area contributed by atoms with E-state index in [1.54, 1.807) is 0 Å². The maximum absolute atomic E-state index is 11.6. The number of rotatable bonds is 3. The second-order valence-corrected chi connectivity index (χ2v) is 5.47. The molecule has 9 nitrogen and oxygen atoms in total. The zero-order chi connectivity index (χ0) is 14.2. The first kappa shape index (κ1) is 13.8. The Balaban J connectivity index is 2.41. The Hall–Kier alpha value is -1.65. The van der Waals surface area contributed by atoms with E-state index in [1.807, 2.05) is 4.98 Å². The molecule has 0 aliphatic carbocycles. The number of aliphatic hydroxyl groups excluding tert-OH is 2. The molecule has 2 unspecified atom stereocenters. The van der Waals surface area contributed by atoms with E-state index in [1.165, 1.54) is 0 Å². The number of H-pyrrole nitrogens is 1. The van der Waals surface area contributed by atoms with Crippen LogP contribution in [-0.4, -0.2) is 42.6 Å². The summed E-state index contributed by atoms with van der Waals surface area (Å²) in [5.41, 5.74) is -2.57. The Kier molecular flexibility index (Phi) is 3.73. The molecule has 1 saturated heterocycles. The average Bonchev–Trinajstić information content (AvgIpc) is 2.69. The third kappa shape index (κ3) is 2.55. The van der Waals surface area contributed by atoms with E-state index in [2.05, 4.69) is 0 Å². The highest BCUT2D eigenvalue weighted by atomic mass is 32.2. The second kappa shape index (κ2) is 5.15. The van der Waals surface area contributed by atoms with Crippen LogP contribution < -0.4 is 11.2 Å². The minimum absolute atomic E-state index is 0.166. The second-order valence-electron chi connectivity index (χ2n) is 4.05. The van der Waals surface area contributed by atoms with E-state index in [-0.39, 0.29) is 13.0 Å². The minimum Gasteiger partial charge on any atom is -0.395 e. The first-order valence-electron chi connectivity index (χ1n) is 5.38. The van der Waals surface area contributed by atoms with Crippen LogP contribution in [0.25, 0.3) is 0 Å². The number of nitro groups is 1. The molecule has 2 rings (SSSR count). The summed E-state index contributed by atoms with van der Waals surface area (Å²) in [5, 5.41) is 28.3. The van der Waals surface area contributed by atoms with Crippen molar-refractivity contribution in [3.63, 3.8) is 0 Å². The van der Waals surface area contributed by atoms with E-state index in [4.69, 9.17) is 5.11 Å². The van der Waals surface area contributed by atoms with E-state index in [0.29, 0.717) is 0 Å². The van der Waals surface area contributed by atoms with Crippen molar-refractivity contribution in [1.82, 2.24) is 9.55 Å². The fourth-order valence-corrected chi connectivity index (χ4v) is 3.25. The number of hydrogen-bond donors (Lipinski definition) is 3. The standard InChI is InChI=1S/C9H11N3O6S/c13-3-6-5(14)1-7(19-6)11-2-4(12(17)18)8(15)10-9(11)16/h2,5-7,13-14H,1,3H2,(H,10,15,16)/t5?,6?,7-/m1/s1.